The van der Waals surface area contributed by atoms with Gasteiger partial charge >= 0.3 is 5.97 Å². The minimum absolute atomic E-state index is 0.0877. The van der Waals surface area contributed by atoms with E-state index in [0.29, 0.717) is 11.4 Å². The van der Waals surface area contributed by atoms with Gasteiger partial charge in [0.1, 0.15) is 5.56 Å². The van der Waals surface area contributed by atoms with Crippen LogP contribution in [0.5, 0.6) is 11.5 Å². The Balaban J connectivity index is 1.52. The van der Waals surface area contributed by atoms with Crippen molar-refractivity contribution in [2.75, 3.05) is 19.0 Å². The second-order valence-electron chi connectivity index (χ2n) is 6.06. The molecule has 30 heavy (non-hydrogen) atoms. The number of ether oxygens (including phenoxy) is 2. The largest absolute Gasteiger partial charge is 0.504 e. The Labute approximate surface area is 172 Å². The van der Waals surface area contributed by atoms with Crippen molar-refractivity contribution in [2.24, 2.45) is 10.2 Å². The highest BCUT2D eigenvalue weighted by molar-refractivity contribution is 5.97. The third-order valence-corrected chi connectivity index (χ3v) is 3.96. The third kappa shape index (κ3) is 5.41. The summed E-state index contributed by atoms with van der Waals surface area (Å²) >= 11 is 0. The van der Waals surface area contributed by atoms with Crippen molar-refractivity contribution in [1.82, 2.24) is 0 Å². The van der Waals surface area contributed by atoms with Gasteiger partial charge in [0.25, 0.3) is 5.91 Å². The minimum Gasteiger partial charge on any atom is -0.504 e. The van der Waals surface area contributed by atoms with Crippen molar-refractivity contribution in [2.45, 2.75) is 0 Å². The van der Waals surface area contributed by atoms with Gasteiger partial charge in [-0.15, -0.1) is 0 Å². The number of carbonyl (C=O) groups is 2. The van der Waals surface area contributed by atoms with Crippen LogP contribution in [-0.4, -0.2) is 30.7 Å². The standard InChI is InChI=1S/C22H19N3O5/c1-29-19-9-5-8-18(21(19)27)22(28)30-14-20(26)23-15-10-12-17(13-11-15)25-24-16-6-3-2-4-7-16/h2-13,27H,14H2,1H3,(H,23,26). The normalized spacial score (nSPS) is 10.6. The highest BCUT2D eigenvalue weighted by Crippen LogP contribution is 2.29. The summed E-state index contributed by atoms with van der Waals surface area (Å²) in [5.41, 5.74) is 1.78. The molecule has 152 valence electrons. The number of azo groups is 1. The number of phenols is 1. The maximum absolute atomic E-state index is 12.1. The number of esters is 1. The zero-order valence-corrected chi connectivity index (χ0v) is 16.1. The number of nitrogens with zero attached hydrogens (tertiary/aromatic N) is 2. The molecular weight excluding hydrogens is 386 g/mol. The Hall–Kier alpha value is -4.20. The number of nitrogens with one attached hydrogen (secondary N) is 1. The predicted octanol–water partition coefficient (Wildman–Crippen LogP) is 4.61. The van der Waals surface area contributed by atoms with E-state index in [1.807, 2.05) is 30.3 Å². The number of hydrogen-bond acceptors (Lipinski definition) is 7. The van der Waals surface area contributed by atoms with E-state index in [4.69, 9.17) is 9.47 Å². The molecule has 0 saturated carbocycles. The van der Waals surface area contributed by atoms with Gasteiger partial charge in [-0.05, 0) is 48.5 Å². The van der Waals surface area contributed by atoms with E-state index in [-0.39, 0.29) is 17.1 Å². The van der Waals surface area contributed by atoms with Gasteiger partial charge in [0.2, 0.25) is 0 Å². The van der Waals surface area contributed by atoms with Crippen LogP contribution in [0.15, 0.2) is 83.0 Å². The van der Waals surface area contributed by atoms with Crippen LogP contribution in [0.25, 0.3) is 0 Å². The first-order chi connectivity index (χ1) is 14.6. The summed E-state index contributed by atoms with van der Waals surface area (Å²) in [7, 11) is 1.37. The number of para-hydroxylation sites is 1. The predicted molar refractivity (Wildman–Crippen MR) is 111 cm³/mol. The first-order valence-corrected chi connectivity index (χ1v) is 8.96. The highest BCUT2D eigenvalue weighted by Gasteiger charge is 2.17. The molecule has 0 aliphatic rings. The summed E-state index contributed by atoms with van der Waals surface area (Å²) < 4.78 is 9.89. The molecule has 1 amide bonds. The molecule has 0 saturated heterocycles. The average Bonchev–Trinajstić information content (AvgIpc) is 2.78. The fraction of sp³-hybridized carbons (Fsp3) is 0.0909. The molecule has 0 unspecified atom stereocenters. The first-order valence-electron chi connectivity index (χ1n) is 8.96. The number of rotatable bonds is 7. The summed E-state index contributed by atoms with van der Waals surface area (Å²) in [5, 5.41) is 20.8. The number of phenolic OH excluding ortho intramolecular Hbond substituents is 1. The lowest BCUT2D eigenvalue weighted by Crippen LogP contribution is -2.21. The van der Waals surface area contributed by atoms with Crippen molar-refractivity contribution >= 4 is 28.9 Å². The second kappa shape index (κ2) is 9.83. The molecule has 0 aromatic heterocycles. The summed E-state index contributed by atoms with van der Waals surface area (Å²) in [6.45, 7) is -0.509. The lowest BCUT2D eigenvalue weighted by atomic mass is 10.2. The molecule has 0 spiro atoms. The van der Waals surface area contributed by atoms with E-state index < -0.39 is 18.5 Å². The molecule has 3 aromatic rings. The molecule has 8 heteroatoms. The van der Waals surface area contributed by atoms with Crippen LogP contribution in [0.3, 0.4) is 0 Å². The maximum atomic E-state index is 12.1. The second-order valence-corrected chi connectivity index (χ2v) is 6.06. The van der Waals surface area contributed by atoms with Gasteiger partial charge in [-0.2, -0.15) is 10.2 Å². The van der Waals surface area contributed by atoms with E-state index in [2.05, 4.69) is 15.5 Å². The zero-order chi connectivity index (χ0) is 21.3. The summed E-state index contributed by atoms with van der Waals surface area (Å²) in [6, 6.07) is 20.4. The summed E-state index contributed by atoms with van der Waals surface area (Å²) in [5.74, 6) is -1.56. The van der Waals surface area contributed by atoms with Crippen molar-refractivity contribution in [3.8, 4) is 11.5 Å². The summed E-state index contributed by atoms with van der Waals surface area (Å²) in [4.78, 5) is 24.1. The van der Waals surface area contributed by atoms with E-state index >= 15 is 0 Å². The topological polar surface area (TPSA) is 110 Å². The molecule has 0 heterocycles. The number of anilines is 1. The zero-order valence-electron chi connectivity index (χ0n) is 16.1. The molecule has 0 atom stereocenters. The third-order valence-electron chi connectivity index (χ3n) is 3.96. The number of hydrogen-bond donors (Lipinski definition) is 2. The molecular formula is C22H19N3O5. The maximum Gasteiger partial charge on any atom is 0.342 e. The quantitative estimate of drug-likeness (QED) is 0.441. The van der Waals surface area contributed by atoms with Gasteiger partial charge in [0.15, 0.2) is 18.1 Å². The van der Waals surface area contributed by atoms with Gasteiger partial charge in [-0.25, -0.2) is 4.79 Å². The molecule has 0 radical (unpaired) electrons. The molecule has 0 fully saturated rings. The molecule has 2 N–H and O–H groups in total. The SMILES string of the molecule is COc1cccc(C(=O)OCC(=O)Nc2ccc(N=Nc3ccccc3)cc2)c1O. The minimum atomic E-state index is -0.835. The molecule has 8 nitrogen and oxygen atoms in total. The average molecular weight is 405 g/mol. The van der Waals surface area contributed by atoms with Crippen LogP contribution < -0.4 is 10.1 Å². The van der Waals surface area contributed by atoms with Crippen molar-refractivity contribution < 1.29 is 24.2 Å². The Kier molecular flexibility index (Phi) is 6.73. The van der Waals surface area contributed by atoms with Crippen molar-refractivity contribution in [3.63, 3.8) is 0 Å². The van der Waals surface area contributed by atoms with Crippen molar-refractivity contribution in [1.29, 1.82) is 0 Å². The number of carbonyl (C=O) groups excluding carboxylic acids is 2. The molecule has 0 aliphatic carbocycles. The Morgan fingerprint density at radius 3 is 2.23 bits per heavy atom. The Morgan fingerprint density at radius 1 is 0.900 bits per heavy atom. The van der Waals surface area contributed by atoms with Crippen LogP contribution in [0.2, 0.25) is 0 Å². The van der Waals surface area contributed by atoms with E-state index in [1.165, 1.54) is 25.3 Å². The lowest BCUT2D eigenvalue weighted by Gasteiger charge is -2.09. The van der Waals surface area contributed by atoms with Gasteiger partial charge in [-0.3, -0.25) is 4.79 Å². The van der Waals surface area contributed by atoms with Crippen LogP contribution in [0.4, 0.5) is 17.1 Å². The van der Waals surface area contributed by atoms with Crippen LogP contribution in [0.1, 0.15) is 10.4 Å². The van der Waals surface area contributed by atoms with Crippen LogP contribution in [-0.2, 0) is 9.53 Å². The molecule has 0 aliphatic heterocycles. The van der Waals surface area contributed by atoms with Crippen molar-refractivity contribution in [3.05, 3.63) is 78.4 Å². The van der Waals surface area contributed by atoms with Gasteiger partial charge in [-0.1, -0.05) is 24.3 Å². The van der Waals surface area contributed by atoms with E-state index in [1.54, 1.807) is 24.3 Å². The smallest absolute Gasteiger partial charge is 0.342 e. The number of aromatic hydroxyl groups is 1. The van der Waals surface area contributed by atoms with Gasteiger partial charge in [0, 0.05) is 5.69 Å². The molecule has 3 aromatic carbocycles. The number of methoxy groups -OCH3 is 1. The Bertz CT molecular complexity index is 1050. The monoisotopic (exact) mass is 405 g/mol. The van der Waals surface area contributed by atoms with Crippen LogP contribution in [0, 0.1) is 0 Å². The van der Waals surface area contributed by atoms with E-state index in [0.717, 1.165) is 5.69 Å². The van der Waals surface area contributed by atoms with Gasteiger partial charge in [0.05, 0.1) is 18.5 Å². The Morgan fingerprint density at radius 2 is 1.57 bits per heavy atom. The molecule has 0 bridgehead atoms. The number of benzene rings is 3. The summed E-state index contributed by atoms with van der Waals surface area (Å²) in [6.07, 6.45) is 0. The lowest BCUT2D eigenvalue weighted by molar-refractivity contribution is -0.119. The molecule has 3 rings (SSSR count). The van der Waals surface area contributed by atoms with Crippen LogP contribution >= 0.6 is 0 Å². The van der Waals surface area contributed by atoms with Gasteiger partial charge < -0.3 is 19.9 Å². The number of amides is 1. The van der Waals surface area contributed by atoms with E-state index in [9.17, 15) is 14.7 Å². The fourth-order valence-corrected chi connectivity index (χ4v) is 2.48. The fourth-order valence-electron chi connectivity index (χ4n) is 2.48. The highest BCUT2D eigenvalue weighted by atomic mass is 16.5. The first kappa shape index (κ1) is 20.5.